The summed E-state index contributed by atoms with van der Waals surface area (Å²) < 4.78 is 9.90. The Balaban J connectivity index is 2.68. The molecule has 2 rings (SSSR count). The number of fused-ring (bicyclic) bond motifs is 1. The van der Waals surface area contributed by atoms with Gasteiger partial charge in [-0.2, -0.15) is 0 Å². The van der Waals surface area contributed by atoms with Gasteiger partial charge >= 0.3 is 11.9 Å². The molecule has 0 aliphatic carbocycles. The number of hydrogen-bond donors (Lipinski definition) is 1. The smallest absolute Gasteiger partial charge is 0.355 e. The number of aromatic amines is 1. The van der Waals surface area contributed by atoms with Crippen LogP contribution in [0, 0.1) is 6.92 Å². The fourth-order valence-electron chi connectivity index (χ4n) is 2.46. The molecule has 0 bridgehead atoms. The molecule has 0 saturated carbocycles. The lowest BCUT2D eigenvalue weighted by molar-refractivity contribution is 0.0518. The van der Waals surface area contributed by atoms with E-state index in [2.05, 4.69) is 4.98 Å². The van der Waals surface area contributed by atoms with Crippen molar-refractivity contribution in [3.05, 3.63) is 21.7 Å². The Morgan fingerprint density at radius 1 is 1.29 bits per heavy atom. The highest BCUT2D eigenvalue weighted by Gasteiger charge is 2.26. The Bertz CT molecular complexity index is 696. The van der Waals surface area contributed by atoms with Crippen LogP contribution in [0.1, 0.15) is 58.0 Å². The summed E-state index contributed by atoms with van der Waals surface area (Å²) in [5, 5.41) is 0.929. The maximum atomic E-state index is 12.1. The van der Waals surface area contributed by atoms with E-state index in [4.69, 9.17) is 9.47 Å². The number of esters is 2. The van der Waals surface area contributed by atoms with Crippen molar-refractivity contribution in [1.29, 1.82) is 0 Å². The van der Waals surface area contributed by atoms with Crippen LogP contribution >= 0.6 is 11.3 Å². The minimum Gasteiger partial charge on any atom is -0.465 e. The first-order chi connectivity index (χ1) is 9.92. The van der Waals surface area contributed by atoms with E-state index in [-0.39, 0.29) is 17.9 Å². The van der Waals surface area contributed by atoms with Crippen LogP contribution in [0.25, 0.3) is 10.2 Å². The van der Waals surface area contributed by atoms with E-state index in [1.54, 1.807) is 6.92 Å². The molecule has 114 valence electrons. The molecule has 21 heavy (non-hydrogen) atoms. The standard InChI is InChI=1S/C15H19NO4S/c1-6-20-14(17)11-9(7(2)3)10-8(4)12(15(18)19-5)21-13(10)16-11/h7,16H,6H2,1-5H3. The molecule has 1 N–H and O–H groups in total. The summed E-state index contributed by atoms with van der Waals surface area (Å²) >= 11 is 1.31. The fourth-order valence-corrected chi connectivity index (χ4v) is 3.60. The van der Waals surface area contributed by atoms with Crippen LogP contribution in [0.15, 0.2) is 0 Å². The molecule has 0 atom stereocenters. The summed E-state index contributed by atoms with van der Waals surface area (Å²) in [7, 11) is 1.36. The van der Waals surface area contributed by atoms with Crippen molar-refractivity contribution < 1.29 is 19.1 Å². The monoisotopic (exact) mass is 309 g/mol. The lowest BCUT2D eigenvalue weighted by atomic mass is 9.98. The second-order valence-corrected chi connectivity index (χ2v) is 6.06. The molecule has 2 aromatic heterocycles. The van der Waals surface area contributed by atoms with Crippen molar-refractivity contribution in [2.45, 2.75) is 33.6 Å². The number of ether oxygens (including phenoxy) is 2. The summed E-state index contributed by atoms with van der Waals surface area (Å²) in [5.74, 6) is -0.574. The second-order valence-electron chi connectivity index (χ2n) is 5.04. The van der Waals surface area contributed by atoms with Crippen molar-refractivity contribution in [3.8, 4) is 0 Å². The summed E-state index contributed by atoms with van der Waals surface area (Å²) in [5.41, 5.74) is 2.22. The van der Waals surface area contributed by atoms with Gasteiger partial charge < -0.3 is 14.5 Å². The van der Waals surface area contributed by atoms with E-state index >= 15 is 0 Å². The normalized spacial score (nSPS) is 11.1. The van der Waals surface area contributed by atoms with Crippen LogP contribution < -0.4 is 0 Å². The van der Waals surface area contributed by atoms with Crippen LogP contribution in [-0.2, 0) is 9.47 Å². The van der Waals surface area contributed by atoms with Crippen molar-refractivity contribution >= 4 is 33.5 Å². The number of methoxy groups -OCH3 is 1. The number of H-pyrrole nitrogens is 1. The average Bonchev–Trinajstić information content (AvgIpc) is 2.96. The number of aromatic nitrogens is 1. The lowest BCUT2D eigenvalue weighted by Crippen LogP contribution is -2.09. The Kier molecular flexibility index (Phi) is 4.37. The highest BCUT2D eigenvalue weighted by molar-refractivity contribution is 7.20. The summed E-state index contributed by atoms with van der Waals surface area (Å²) in [6.45, 7) is 8.01. The quantitative estimate of drug-likeness (QED) is 0.876. The van der Waals surface area contributed by atoms with Gasteiger partial charge in [-0.25, -0.2) is 9.59 Å². The van der Waals surface area contributed by atoms with E-state index in [0.29, 0.717) is 17.2 Å². The van der Waals surface area contributed by atoms with Gasteiger partial charge in [0, 0.05) is 5.39 Å². The van der Waals surface area contributed by atoms with Gasteiger partial charge in [0.2, 0.25) is 0 Å². The Labute approximate surface area is 127 Å². The van der Waals surface area contributed by atoms with Crippen LogP contribution in [0.3, 0.4) is 0 Å². The number of rotatable bonds is 4. The Morgan fingerprint density at radius 2 is 1.95 bits per heavy atom. The Hall–Kier alpha value is -1.82. The molecule has 0 aliphatic heterocycles. The molecule has 0 radical (unpaired) electrons. The third-order valence-electron chi connectivity index (χ3n) is 3.35. The zero-order chi connectivity index (χ0) is 15.7. The maximum absolute atomic E-state index is 12.1. The van der Waals surface area contributed by atoms with E-state index in [1.807, 2.05) is 20.8 Å². The predicted octanol–water partition coefficient (Wildman–Crippen LogP) is 3.62. The minimum absolute atomic E-state index is 0.136. The minimum atomic E-state index is -0.358. The van der Waals surface area contributed by atoms with Gasteiger partial charge in [-0.15, -0.1) is 11.3 Å². The van der Waals surface area contributed by atoms with E-state index in [0.717, 1.165) is 21.3 Å². The maximum Gasteiger partial charge on any atom is 0.355 e. The van der Waals surface area contributed by atoms with Crippen molar-refractivity contribution in [2.75, 3.05) is 13.7 Å². The van der Waals surface area contributed by atoms with Crippen LogP contribution in [0.5, 0.6) is 0 Å². The third kappa shape index (κ3) is 2.55. The second kappa shape index (κ2) is 5.89. The molecule has 5 nitrogen and oxygen atoms in total. The van der Waals surface area contributed by atoms with Crippen molar-refractivity contribution in [1.82, 2.24) is 4.98 Å². The summed E-state index contributed by atoms with van der Waals surface area (Å²) in [6.07, 6.45) is 0. The third-order valence-corrected chi connectivity index (χ3v) is 4.54. The average molecular weight is 309 g/mol. The largest absolute Gasteiger partial charge is 0.465 e. The molecule has 0 aromatic carbocycles. The molecule has 0 unspecified atom stereocenters. The number of thiophene rings is 1. The molecule has 6 heteroatoms. The van der Waals surface area contributed by atoms with E-state index < -0.39 is 0 Å². The topological polar surface area (TPSA) is 68.4 Å². The van der Waals surface area contributed by atoms with Crippen LogP contribution in [0.2, 0.25) is 0 Å². The Morgan fingerprint density at radius 3 is 2.48 bits per heavy atom. The number of hydrogen-bond acceptors (Lipinski definition) is 5. The fraction of sp³-hybridized carbons (Fsp3) is 0.467. The first kappa shape index (κ1) is 15.6. The zero-order valence-corrected chi connectivity index (χ0v) is 13.6. The molecule has 0 spiro atoms. The van der Waals surface area contributed by atoms with Crippen molar-refractivity contribution in [3.63, 3.8) is 0 Å². The predicted molar refractivity (Wildman–Crippen MR) is 82.3 cm³/mol. The number of carbonyl (C=O) groups is 2. The van der Waals surface area contributed by atoms with E-state index in [9.17, 15) is 9.59 Å². The zero-order valence-electron chi connectivity index (χ0n) is 12.8. The van der Waals surface area contributed by atoms with Gasteiger partial charge in [0.15, 0.2) is 0 Å². The molecule has 0 fully saturated rings. The molecule has 2 aromatic rings. The van der Waals surface area contributed by atoms with Crippen LogP contribution in [-0.4, -0.2) is 30.6 Å². The highest BCUT2D eigenvalue weighted by atomic mass is 32.1. The molecular weight excluding hydrogens is 290 g/mol. The number of carbonyl (C=O) groups excluding carboxylic acids is 2. The molecule has 0 amide bonds. The van der Waals surface area contributed by atoms with Crippen molar-refractivity contribution in [2.24, 2.45) is 0 Å². The summed E-state index contributed by atoms with van der Waals surface area (Å²) in [6, 6.07) is 0. The summed E-state index contributed by atoms with van der Waals surface area (Å²) in [4.78, 5) is 28.3. The number of aryl methyl sites for hydroxylation is 1. The first-order valence-electron chi connectivity index (χ1n) is 6.82. The van der Waals surface area contributed by atoms with Crippen LogP contribution in [0.4, 0.5) is 0 Å². The van der Waals surface area contributed by atoms with Gasteiger partial charge in [0.25, 0.3) is 0 Å². The first-order valence-corrected chi connectivity index (χ1v) is 7.64. The van der Waals surface area contributed by atoms with Gasteiger partial charge in [-0.05, 0) is 30.9 Å². The van der Waals surface area contributed by atoms with Gasteiger partial charge in [0.1, 0.15) is 15.4 Å². The highest BCUT2D eigenvalue weighted by Crippen LogP contribution is 2.38. The lowest BCUT2D eigenvalue weighted by Gasteiger charge is -2.08. The number of nitrogens with one attached hydrogen (secondary N) is 1. The molecular formula is C15H19NO4S. The molecule has 2 heterocycles. The van der Waals surface area contributed by atoms with Gasteiger partial charge in [0.05, 0.1) is 13.7 Å². The van der Waals surface area contributed by atoms with Gasteiger partial charge in [-0.1, -0.05) is 13.8 Å². The molecule has 0 saturated heterocycles. The molecule has 0 aliphatic rings. The SMILES string of the molecule is CCOC(=O)c1[nH]c2sc(C(=O)OC)c(C)c2c1C(C)C. The van der Waals surface area contributed by atoms with Gasteiger partial charge in [-0.3, -0.25) is 0 Å². The van der Waals surface area contributed by atoms with E-state index in [1.165, 1.54) is 18.4 Å².